The lowest BCUT2D eigenvalue weighted by molar-refractivity contribution is -0.0584. The van der Waals surface area contributed by atoms with Crippen LogP contribution in [0, 0.1) is 0 Å². The van der Waals surface area contributed by atoms with Crippen LogP contribution < -0.4 is 5.73 Å². The summed E-state index contributed by atoms with van der Waals surface area (Å²) in [6, 6.07) is -0.0891. The van der Waals surface area contributed by atoms with Gasteiger partial charge in [0.1, 0.15) is 0 Å². The highest BCUT2D eigenvalue weighted by molar-refractivity contribution is 4.78. The maximum absolute atomic E-state index is 9.05. The molecular formula is C6H13NO2. The van der Waals surface area contributed by atoms with Crippen molar-refractivity contribution in [2.45, 2.75) is 31.6 Å². The van der Waals surface area contributed by atoms with Gasteiger partial charge in [0.15, 0.2) is 0 Å². The Morgan fingerprint density at radius 2 is 2.33 bits per heavy atom. The van der Waals surface area contributed by atoms with Gasteiger partial charge in [-0.15, -0.1) is 0 Å². The van der Waals surface area contributed by atoms with Gasteiger partial charge < -0.3 is 15.6 Å². The second kappa shape index (κ2) is 2.64. The van der Waals surface area contributed by atoms with Gasteiger partial charge in [-0.25, -0.2) is 0 Å². The van der Waals surface area contributed by atoms with E-state index in [1.54, 1.807) is 0 Å². The van der Waals surface area contributed by atoms with E-state index in [0.29, 0.717) is 6.61 Å². The average molecular weight is 131 g/mol. The molecule has 1 unspecified atom stereocenters. The van der Waals surface area contributed by atoms with Crippen molar-refractivity contribution in [2.75, 3.05) is 6.61 Å². The summed E-state index contributed by atoms with van der Waals surface area (Å²) in [7, 11) is 0. The molecule has 1 saturated heterocycles. The van der Waals surface area contributed by atoms with E-state index in [9.17, 15) is 0 Å². The van der Waals surface area contributed by atoms with Crippen molar-refractivity contribution >= 4 is 0 Å². The molecule has 1 aliphatic heterocycles. The van der Waals surface area contributed by atoms with Crippen molar-refractivity contribution in [3.63, 3.8) is 0 Å². The lowest BCUT2D eigenvalue weighted by Gasteiger charge is -2.28. The SMILES string of the molecule is C[C@H]1CC(N)[C@@H](O)CO1. The fourth-order valence-electron chi connectivity index (χ4n) is 0.995. The van der Waals surface area contributed by atoms with E-state index < -0.39 is 6.10 Å². The molecule has 0 aromatic rings. The van der Waals surface area contributed by atoms with Crippen LogP contribution in [0.3, 0.4) is 0 Å². The number of hydrogen-bond acceptors (Lipinski definition) is 3. The van der Waals surface area contributed by atoms with Gasteiger partial charge in [-0.2, -0.15) is 0 Å². The maximum Gasteiger partial charge on any atom is 0.0925 e. The first-order valence-corrected chi connectivity index (χ1v) is 3.25. The third-order valence-corrected chi connectivity index (χ3v) is 1.65. The van der Waals surface area contributed by atoms with Crippen molar-refractivity contribution < 1.29 is 9.84 Å². The zero-order valence-corrected chi connectivity index (χ0v) is 5.58. The number of aliphatic hydroxyl groups excluding tert-OH is 1. The molecule has 1 aliphatic rings. The Morgan fingerprint density at radius 3 is 2.78 bits per heavy atom. The summed E-state index contributed by atoms with van der Waals surface area (Å²) < 4.78 is 5.13. The van der Waals surface area contributed by atoms with Crippen LogP contribution >= 0.6 is 0 Å². The smallest absolute Gasteiger partial charge is 0.0925 e. The normalized spacial score (nSPS) is 45.0. The quantitative estimate of drug-likeness (QED) is 0.465. The summed E-state index contributed by atoms with van der Waals surface area (Å²) in [5.41, 5.74) is 5.54. The number of hydrogen-bond donors (Lipinski definition) is 2. The van der Waals surface area contributed by atoms with Gasteiger partial charge >= 0.3 is 0 Å². The Hall–Kier alpha value is -0.120. The minimum Gasteiger partial charge on any atom is -0.389 e. The highest BCUT2D eigenvalue weighted by Gasteiger charge is 2.23. The first-order valence-electron chi connectivity index (χ1n) is 3.25. The van der Waals surface area contributed by atoms with E-state index in [4.69, 9.17) is 15.6 Å². The molecule has 3 atom stereocenters. The first-order chi connectivity index (χ1) is 4.20. The van der Waals surface area contributed by atoms with Gasteiger partial charge in [-0.05, 0) is 13.3 Å². The second-order valence-electron chi connectivity index (χ2n) is 2.61. The fourth-order valence-corrected chi connectivity index (χ4v) is 0.995. The third-order valence-electron chi connectivity index (χ3n) is 1.65. The van der Waals surface area contributed by atoms with Crippen LogP contribution in [0.15, 0.2) is 0 Å². The van der Waals surface area contributed by atoms with Crippen molar-refractivity contribution in [2.24, 2.45) is 5.73 Å². The summed E-state index contributed by atoms with van der Waals surface area (Å²) in [4.78, 5) is 0. The summed E-state index contributed by atoms with van der Waals surface area (Å²) in [5, 5.41) is 9.05. The standard InChI is InChI=1S/C6H13NO2/c1-4-2-5(7)6(8)3-9-4/h4-6,8H,2-3,7H2,1H3/t4-,5?,6-/m0/s1. The summed E-state index contributed by atoms with van der Waals surface area (Å²) in [6.07, 6.45) is 0.519. The molecule has 1 rings (SSSR count). The molecule has 0 aliphatic carbocycles. The lowest BCUT2D eigenvalue weighted by Crippen LogP contribution is -2.45. The third kappa shape index (κ3) is 1.64. The molecule has 0 radical (unpaired) electrons. The zero-order chi connectivity index (χ0) is 6.85. The Bertz CT molecular complexity index is 97.1. The molecule has 1 fully saturated rings. The van der Waals surface area contributed by atoms with Crippen LogP contribution in [0.2, 0.25) is 0 Å². The van der Waals surface area contributed by atoms with E-state index in [-0.39, 0.29) is 12.1 Å². The van der Waals surface area contributed by atoms with Crippen molar-refractivity contribution in [3.05, 3.63) is 0 Å². The van der Waals surface area contributed by atoms with Crippen LogP contribution in [-0.4, -0.2) is 30.0 Å². The monoisotopic (exact) mass is 131 g/mol. The number of aliphatic hydroxyl groups is 1. The van der Waals surface area contributed by atoms with E-state index in [1.807, 2.05) is 6.92 Å². The Balaban J connectivity index is 2.35. The molecule has 0 amide bonds. The highest BCUT2D eigenvalue weighted by atomic mass is 16.5. The maximum atomic E-state index is 9.05. The Labute approximate surface area is 54.8 Å². The average Bonchev–Trinajstić information content (AvgIpc) is 1.80. The molecule has 54 valence electrons. The van der Waals surface area contributed by atoms with Crippen LogP contribution in [0.4, 0.5) is 0 Å². The minimum absolute atomic E-state index is 0.0891. The molecule has 3 heteroatoms. The van der Waals surface area contributed by atoms with Gasteiger partial charge in [0.2, 0.25) is 0 Å². The van der Waals surface area contributed by atoms with E-state index in [1.165, 1.54) is 0 Å². The Morgan fingerprint density at radius 1 is 1.67 bits per heavy atom. The van der Waals surface area contributed by atoms with Crippen molar-refractivity contribution in [1.82, 2.24) is 0 Å². The van der Waals surface area contributed by atoms with Gasteiger partial charge in [0.25, 0.3) is 0 Å². The molecule has 3 N–H and O–H groups in total. The number of ether oxygens (including phenoxy) is 1. The molecule has 0 bridgehead atoms. The van der Waals surface area contributed by atoms with Crippen LogP contribution in [0.25, 0.3) is 0 Å². The van der Waals surface area contributed by atoms with E-state index in [0.717, 1.165) is 6.42 Å². The van der Waals surface area contributed by atoms with E-state index in [2.05, 4.69) is 0 Å². The molecule has 3 nitrogen and oxygen atoms in total. The summed E-state index contributed by atoms with van der Waals surface area (Å²) in [6.45, 7) is 2.36. The van der Waals surface area contributed by atoms with Gasteiger partial charge in [0.05, 0.1) is 18.8 Å². The minimum atomic E-state index is -0.457. The van der Waals surface area contributed by atoms with E-state index >= 15 is 0 Å². The second-order valence-corrected chi connectivity index (χ2v) is 2.61. The zero-order valence-electron chi connectivity index (χ0n) is 5.58. The van der Waals surface area contributed by atoms with Crippen LogP contribution in [-0.2, 0) is 4.74 Å². The van der Waals surface area contributed by atoms with Crippen LogP contribution in [0.5, 0.6) is 0 Å². The molecular weight excluding hydrogens is 118 g/mol. The van der Waals surface area contributed by atoms with Gasteiger partial charge in [-0.3, -0.25) is 0 Å². The van der Waals surface area contributed by atoms with Crippen LogP contribution in [0.1, 0.15) is 13.3 Å². The van der Waals surface area contributed by atoms with Crippen molar-refractivity contribution in [3.8, 4) is 0 Å². The summed E-state index contributed by atoms with van der Waals surface area (Å²) in [5.74, 6) is 0. The number of nitrogens with two attached hydrogens (primary N) is 1. The molecule has 1 heterocycles. The topological polar surface area (TPSA) is 55.5 Å². The predicted molar refractivity (Wildman–Crippen MR) is 34.0 cm³/mol. The molecule has 0 aromatic carbocycles. The van der Waals surface area contributed by atoms with Gasteiger partial charge in [-0.1, -0.05) is 0 Å². The highest BCUT2D eigenvalue weighted by Crippen LogP contribution is 2.11. The predicted octanol–water partition coefficient (Wildman–Crippen LogP) is -0.517. The molecule has 9 heavy (non-hydrogen) atoms. The number of rotatable bonds is 0. The van der Waals surface area contributed by atoms with Gasteiger partial charge in [0, 0.05) is 6.04 Å². The van der Waals surface area contributed by atoms with Crippen molar-refractivity contribution in [1.29, 1.82) is 0 Å². The molecule has 0 spiro atoms. The largest absolute Gasteiger partial charge is 0.389 e. The Kier molecular flexibility index (Phi) is 2.05. The molecule has 0 aromatic heterocycles. The lowest BCUT2D eigenvalue weighted by atomic mass is 10.0. The fraction of sp³-hybridized carbons (Fsp3) is 1.00. The summed E-state index contributed by atoms with van der Waals surface area (Å²) >= 11 is 0. The molecule has 0 saturated carbocycles. The first kappa shape index (κ1) is 6.99.